The minimum absolute atomic E-state index is 0. The third kappa shape index (κ3) is 8.50. The van der Waals surface area contributed by atoms with Crippen molar-refractivity contribution in [2.75, 3.05) is 39.4 Å². The summed E-state index contributed by atoms with van der Waals surface area (Å²) < 4.78 is 5.37. The van der Waals surface area contributed by atoms with Crippen LogP contribution in [0, 0.1) is 23.2 Å². The number of ether oxygens (including phenoxy) is 1. The van der Waals surface area contributed by atoms with Gasteiger partial charge in [-0.3, -0.25) is 10.3 Å². The molecular formula is C34H50ClKN6O2. The molecule has 44 heavy (non-hydrogen) atoms. The van der Waals surface area contributed by atoms with Gasteiger partial charge in [-0.1, -0.05) is 67.8 Å². The number of nitrogens with zero attached hydrogens (tertiary/aromatic N) is 4. The molecule has 236 valence electrons. The minimum Gasteiger partial charge on any atom is -0.656 e. The Hall–Kier alpha value is -0.494. The summed E-state index contributed by atoms with van der Waals surface area (Å²) >= 11 is 6.05. The monoisotopic (exact) mass is 648 g/mol. The number of carbonyl (C=O) groups excluding carboxylic acids is 1. The van der Waals surface area contributed by atoms with Gasteiger partial charge < -0.3 is 25.2 Å². The second kappa shape index (κ2) is 16.1. The van der Waals surface area contributed by atoms with E-state index in [4.69, 9.17) is 21.7 Å². The molecule has 2 amide bonds. The molecule has 3 unspecified atom stereocenters. The molecule has 3 atom stereocenters. The van der Waals surface area contributed by atoms with Crippen molar-refractivity contribution in [1.29, 1.82) is 0 Å². The van der Waals surface area contributed by atoms with Crippen LogP contribution < -0.4 is 62.0 Å². The van der Waals surface area contributed by atoms with E-state index in [1.54, 1.807) is 0 Å². The zero-order valence-corrected chi connectivity index (χ0v) is 30.9. The molecule has 7 aliphatic rings. The number of benzene rings is 1. The van der Waals surface area contributed by atoms with E-state index in [0.717, 1.165) is 72.9 Å². The number of likely N-dealkylation sites (tertiary alicyclic amines) is 1. The summed E-state index contributed by atoms with van der Waals surface area (Å²) in [5.74, 6) is 2.73. The largest absolute Gasteiger partial charge is 1.00 e. The maximum Gasteiger partial charge on any atom is 1.00 e. The van der Waals surface area contributed by atoms with Crippen LogP contribution in [0.4, 0.5) is 4.79 Å². The average Bonchev–Trinajstić information content (AvgIpc) is 3.03. The van der Waals surface area contributed by atoms with Crippen LogP contribution in [-0.2, 0) is 11.3 Å². The van der Waals surface area contributed by atoms with E-state index in [1.807, 2.05) is 48.5 Å². The van der Waals surface area contributed by atoms with E-state index in [0.29, 0.717) is 37.3 Å². The van der Waals surface area contributed by atoms with Gasteiger partial charge in [0.05, 0.1) is 13.2 Å². The van der Waals surface area contributed by atoms with Gasteiger partial charge in [0.15, 0.2) is 6.29 Å². The van der Waals surface area contributed by atoms with Crippen molar-refractivity contribution in [1.82, 2.24) is 20.4 Å². The topological polar surface area (TPSA) is 83.3 Å². The van der Waals surface area contributed by atoms with Crippen molar-refractivity contribution >= 4 is 23.8 Å². The molecule has 10 heteroatoms. The van der Waals surface area contributed by atoms with Gasteiger partial charge in [0, 0.05) is 50.2 Å². The zero-order valence-electron chi connectivity index (χ0n) is 27.0. The Bertz CT molecular complexity index is 1150. The van der Waals surface area contributed by atoms with E-state index < -0.39 is 0 Å². The molecule has 3 heterocycles. The van der Waals surface area contributed by atoms with Crippen LogP contribution in [0.5, 0.6) is 0 Å². The van der Waals surface area contributed by atoms with Crippen molar-refractivity contribution in [3.05, 3.63) is 51.9 Å². The van der Waals surface area contributed by atoms with Crippen LogP contribution in [0.1, 0.15) is 70.8 Å². The average molecular weight is 649 g/mol. The van der Waals surface area contributed by atoms with Gasteiger partial charge in [0.25, 0.3) is 0 Å². The fourth-order valence-corrected chi connectivity index (χ4v) is 8.89. The first-order chi connectivity index (χ1) is 20.9. The molecule has 0 aromatic heterocycles. The Kier molecular flexibility index (Phi) is 12.7. The number of carbonyl (C=O) groups is 1. The normalized spacial score (nSPS) is 32.7. The molecule has 0 spiro atoms. The van der Waals surface area contributed by atoms with Crippen molar-refractivity contribution in [3.8, 4) is 0 Å². The summed E-state index contributed by atoms with van der Waals surface area (Å²) in [6.45, 7) is 9.74. The second-order valence-electron chi connectivity index (χ2n) is 13.8. The fourth-order valence-electron chi connectivity index (χ4n) is 8.69. The molecule has 0 radical (unpaired) electrons. The third-order valence-electron chi connectivity index (χ3n) is 10.8. The molecule has 4 aliphatic carbocycles. The van der Waals surface area contributed by atoms with Crippen LogP contribution in [0.2, 0.25) is 5.02 Å². The number of halogens is 1. The minimum atomic E-state index is -0.0695. The number of nitrogens with one attached hydrogen (secondary N) is 2. The smallest absolute Gasteiger partial charge is 0.656 e. The van der Waals surface area contributed by atoms with E-state index in [1.165, 1.54) is 38.5 Å². The fraction of sp³-hybridized carbons (Fsp3) is 0.706. The number of rotatable bonds is 6. The summed E-state index contributed by atoms with van der Waals surface area (Å²) in [4.78, 5) is 21.0. The maximum absolute atomic E-state index is 12.7. The molecule has 2 N–H and O–H groups in total. The zero-order chi connectivity index (χ0) is 29.8. The maximum atomic E-state index is 12.7. The molecule has 3 aliphatic heterocycles. The first kappa shape index (κ1) is 34.8. The summed E-state index contributed by atoms with van der Waals surface area (Å²) in [7, 11) is 0. The van der Waals surface area contributed by atoms with Crippen LogP contribution in [0.25, 0.3) is 5.32 Å². The molecule has 6 fully saturated rings. The number of urea groups is 1. The SMILES string of the molecule is CC1=CNC(NCc2ccccc2Cl)N=C1.CCC12CC3CC(C1)C([N-]C1CCN(C(=O)N4CCOCC4)CC1)C(C3)C2.[K+]. The Balaban J connectivity index is 0.000000194. The van der Waals surface area contributed by atoms with Gasteiger partial charge in [0.1, 0.15) is 0 Å². The predicted octanol–water partition coefficient (Wildman–Crippen LogP) is 3.18. The van der Waals surface area contributed by atoms with Crippen LogP contribution >= 0.6 is 11.6 Å². The quantitative estimate of drug-likeness (QED) is 0.465. The molecular weight excluding hydrogens is 599 g/mol. The Morgan fingerprint density at radius 3 is 2.41 bits per heavy atom. The van der Waals surface area contributed by atoms with Gasteiger partial charge in [0.2, 0.25) is 0 Å². The molecule has 8 rings (SSSR count). The molecule has 1 aromatic rings. The number of morpholine rings is 1. The van der Waals surface area contributed by atoms with Gasteiger partial charge >= 0.3 is 57.4 Å². The van der Waals surface area contributed by atoms with E-state index in [9.17, 15) is 4.79 Å². The Morgan fingerprint density at radius 1 is 1.09 bits per heavy atom. The first-order valence-electron chi connectivity index (χ1n) is 16.7. The number of amides is 2. The van der Waals surface area contributed by atoms with Gasteiger partial charge in [-0.2, -0.15) is 0 Å². The van der Waals surface area contributed by atoms with Crippen molar-refractivity contribution in [2.24, 2.45) is 28.2 Å². The Labute approximate surface area is 311 Å². The van der Waals surface area contributed by atoms with Gasteiger partial charge in [-0.25, -0.2) is 4.79 Å². The number of aliphatic imine (C=N–C) groups is 1. The van der Waals surface area contributed by atoms with Crippen molar-refractivity contribution in [2.45, 2.75) is 90.1 Å². The van der Waals surface area contributed by atoms with Gasteiger partial charge in [-0.05, 0) is 67.6 Å². The summed E-state index contributed by atoms with van der Waals surface area (Å²) in [5, 5.41) is 12.6. The van der Waals surface area contributed by atoms with Crippen LogP contribution in [0.15, 0.2) is 41.0 Å². The second-order valence-corrected chi connectivity index (χ2v) is 14.2. The van der Waals surface area contributed by atoms with E-state index in [2.05, 4.69) is 27.4 Å². The first-order valence-corrected chi connectivity index (χ1v) is 17.0. The predicted molar refractivity (Wildman–Crippen MR) is 173 cm³/mol. The molecule has 1 aromatic carbocycles. The number of hydrogen-bond donors (Lipinski definition) is 2. The van der Waals surface area contributed by atoms with Crippen LogP contribution in [-0.4, -0.2) is 79.8 Å². The standard InChI is InChI=1S/C22H36N3O2.C12H14ClN3.K/c1-2-22-13-16-11-17(14-22)20(18(12-16)15-22)23-19-3-5-24(6-4-19)21(26)25-7-9-27-10-8-25;1-9-6-14-12(15-7-9)16-8-10-4-2-3-5-11(10)13;/h16-20H,2-15H2,1H3;2-7,12,14,16H,8H2,1H3;/q-1;;+1. The Morgan fingerprint density at radius 2 is 1.77 bits per heavy atom. The summed E-state index contributed by atoms with van der Waals surface area (Å²) in [6, 6.07) is 9.13. The van der Waals surface area contributed by atoms with Crippen molar-refractivity contribution in [3.63, 3.8) is 0 Å². The number of allylic oxidation sites excluding steroid dienone is 1. The van der Waals surface area contributed by atoms with Crippen molar-refractivity contribution < 1.29 is 60.9 Å². The number of hydrogen-bond acceptors (Lipinski definition) is 5. The molecule has 8 nitrogen and oxygen atoms in total. The summed E-state index contributed by atoms with van der Waals surface area (Å²) in [6.07, 6.45) is 14.5. The third-order valence-corrected chi connectivity index (χ3v) is 11.2. The number of piperidine rings is 1. The van der Waals surface area contributed by atoms with Gasteiger partial charge in [-0.15, -0.1) is 12.1 Å². The van der Waals surface area contributed by atoms with Crippen LogP contribution in [0.3, 0.4) is 0 Å². The summed E-state index contributed by atoms with van der Waals surface area (Å²) in [5.41, 5.74) is 2.87. The van der Waals surface area contributed by atoms with E-state index >= 15 is 0 Å². The molecule has 2 saturated heterocycles. The van der Waals surface area contributed by atoms with E-state index in [-0.39, 0.29) is 63.7 Å². The molecule has 4 bridgehead atoms. The molecule has 4 saturated carbocycles.